The van der Waals surface area contributed by atoms with Crippen LogP contribution in [0.1, 0.15) is 6.92 Å². The quantitative estimate of drug-likeness (QED) is 0.867. The fourth-order valence-corrected chi connectivity index (χ4v) is 1.21. The largest absolute Gasteiger partial charge is 0.495 e. The summed E-state index contributed by atoms with van der Waals surface area (Å²) in [4.78, 5) is 11.1. The molecule has 0 aliphatic rings. The predicted octanol–water partition coefficient (Wildman–Crippen LogP) is 2.92. The van der Waals surface area contributed by atoms with E-state index >= 15 is 0 Å². The highest BCUT2D eigenvalue weighted by Crippen LogP contribution is 2.27. The number of methoxy groups -OCH3 is 1. The van der Waals surface area contributed by atoms with E-state index in [4.69, 9.17) is 21.1 Å². The summed E-state index contributed by atoms with van der Waals surface area (Å²) >= 11 is 5.77. The summed E-state index contributed by atoms with van der Waals surface area (Å²) in [7, 11) is 1.50. The third-order valence-corrected chi connectivity index (χ3v) is 1.91. The highest BCUT2D eigenvalue weighted by atomic mass is 35.5. The molecule has 0 heterocycles. The van der Waals surface area contributed by atoms with E-state index in [0.29, 0.717) is 23.1 Å². The molecule has 0 spiro atoms. The van der Waals surface area contributed by atoms with Gasteiger partial charge in [0.05, 0.1) is 19.4 Å². The van der Waals surface area contributed by atoms with Crippen molar-refractivity contribution in [2.24, 2.45) is 0 Å². The van der Waals surface area contributed by atoms with Gasteiger partial charge in [0.1, 0.15) is 5.75 Å². The van der Waals surface area contributed by atoms with E-state index < -0.39 is 6.09 Å². The van der Waals surface area contributed by atoms with E-state index in [0.717, 1.165) is 0 Å². The Morgan fingerprint density at radius 2 is 2.27 bits per heavy atom. The number of rotatable bonds is 3. The molecule has 1 aromatic carbocycles. The maximum absolute atomic E-state index is 11.1. The summed E-state index contributed by atoms with van der Waals surface area (Å²) in [6, 6.07) is 4.92. The van der Waals surface area contributed by atoms with Crippen LogP contribution in [-0.4, -0.2) is 19.8 Å². The van der Waals surface area contributed by atoms with Crippen LogP contribution < -0.4 is 10.1 Å². The summed E-state index contributed by atoms with van der Waals surface area (Å²) in [6.45, 7) is 2.06. The Morgan fingerprint density at radius 3 is 2.87 bits per heavy atom. The van der Waals surface area contributed by atoms with E-state index in [1.54, 1.807) is 25.1 Å². The summed E-state index contributed by atoms with van der Waals surface area (Å²) < 4.78 is 9.79. The Labute approximate surface area is 93.1 Å². The maximum atomic E-state index is 11.1. The fourth-order valence-electron chi connectivity index (χ4n) is 1.05. The minimum Gasteiger partial charge on any atom is -0.495 e. The second-order valence-electron chi connectivity index (χ2n) is 2.69. The topological polar surface area (TPSA) is 47.6 Å². The van der Waals surface area contributed by atoms with Gasteiger partial charge in [-0.2, -0.15) is 0 Å². The molecule has 0 aromatic heterocycles. The van der Waals surface area contributed by atoms with Gasteiger partial charge >= 0.3 is 6.09 Å². The number of benzene rings is 1. The molecule has 1 aromatic rings. The van der Waals surface area contributed by atoms with Crippen molar-refractivity contribution < 1.29 is 14.3 Å². The monoisotopic (exact) mass is 229 g/mol. The van der Waals surface area contributed by atoms with Crippen molar-refractivity contribution >= 4 is 23.4 Å². The second-order valence-corrected chi connectivity index (χ2v) is 3.13. The number of hydrogen-bond donors (Lipinski definition) is 1. The van der Waals surface area contributed by atoms with E-state index in [-0.39, 0.29) is 0 Å². The van der Waals surface area contributed by atoms with E-state index in [2.05, 4.69) is 5.32 Å². The molecule has 1 rings (SSSR count). The molecule has 15 heavy (non-hydrogen) atoms. The molecule has 0 radical (unpaired) electrons. The normalized spacial score (nSPS) is 9.53. The van der Waals surface area contributed by atoms with Crippen molar-refractivity contribution in [2.75, 3.05) is 19.0 Å². The van der Waals surface area contributed by atoms with Gasteiger partial charge in [0, 0.05) is 11.1 Å². The number of hydrogen-bond acceptors (Lipinski definition) is 3. The number of ether oxygens (including phenoxy) is 2. The Morgan fingerprint density at radius 1 is 1.53 bits per heavy atom. The smallest absolute Gasteiger partial charge is 0.411 e. The standard InChI is InChI=1S/C10H12ClNO3/c1-3-15-10(13)12-8-5-4-7(11)6-9(8)14-2/h4-6H,3H2,1-2H3,(H,12,13). The first-order valence-electron chi connectivity index (χ1n) is 4.44. The third kappa shape index (κ3) is 3.32. The summed E-state index contributed by atoms with van der Waals surface area (Å²) in [5, 5.41) is 3.09. The van der Waals surface area contributed by atoms with Crippen molar-refractivity contribution in [1.29, 1.82) is 0 Å². The van der Waals surface area contributed by atoms with Gasteiger partial charge in [-0.1, -0.05) is 11.6 Å². The van der Waals surface area contributed by atoms with Crippen LogP contribution in [0.4, 0.5) is 10.5 Å². The molecule has 0 fully saturated rings. The zero-order valence-electron chi connectivity index (χ0n) is 8.54. The molecule has 0 saturated heterocycles. The zero-order valence-corrected chi connectivity index (χ0v) is 9.30. The third-order valence-electron chi connectivity index (χ3n) is 1.68. The van der Waals surface area contributed by atoms with Gasteiger partial charge in [-0.25, -0.2) is 4.79 Å². The average molecular weight is 230 g/mol. The predicted molar refractivity (Wildman–Crippen MR) is 58.6 cm³/mol. The Kier molecular flexibility index (Phi) is 4.24. The van der Waals surface area contributed by atoms with Gasteiger partial charge in [-0.05, 0) is 19.1 Å². The van der Waals surface area contributed by atoms with Crippen LogP contribution in [0.15, 0.2) is 18.2 Å². The van der Waals surface area contributed by atoms with Crippen LogP contribution in [-0.2, 0) is 4.74 Å². The Hall–Kier alpha value is -1.42. The number of carbonyl (C=O) groups excluding carboxylic acids is 1. The Bertz CT molecular complexity index is 355. The highest BCUT2D eigenvalue weighted by molar-refractivity contribution is 6.30. The lowest BCUT2D eigenvalue weighted by Crippen LogP contribution is -2.13. The molecule has 0 aliphatic carbocycles. The molecule has 0 bridgehead atoms. The van der Waals surface area contributed by atoms with Crippen LogP contribution in [0, 0.1) is 0 Å². The first-order chi connectivity index (χ1) is 7.17. The van der Waals surface area contributed by atoms with Crippen molar-refractivity contribution in [3.05, 3.63) is 23.2 Å². The summed E-state index contributed by atoms with van der Waals surface area (Å²) in [6.07, 6.45) is -0.516. The lowest BCUT2D eigenvalue weighted by atomic mass is 10.3. The van der Waals surface area contributed by atoms with Crippen molar-refractivity contribution in [3.63, 3.8) is 0 Å². The van der Waals surface area contributed by atoms with E-state index in [9.17, 15) is 4.79 Å². The van der Waals surface area contributed by atoms with Crippen LogP contribution in [0.2, 0.25) is 5.02 Å². The van der Waals surface area contributed by atoms with Gasteiger partial charge < -0.3 is 9.47 Å². The van der Waals surface area contributed by atoms with E-state index in [1.165, 1.54) is 7.11 Å². The van der Waals surface area contributed by atoms with Gasteiger partial charge in [-0.15, -0.1) is 0 Å². The number of carbonyl (C=O) groups is 1. The zero-order chi connectivity index (χ0) is 11.3. The fraction of sp³-hybridized carbons (Fsp3) is 0.300. The number of halogens is 1. The van der Waals surface area contributed by atoms with Gasteiger partial charge in [0.2, 0.25) is 0 Å². The second kappa shape index (κ2) is 5.46. The van der Waals surface area contributed by atoms with Crippen molar-refractivity contribution in [1.82, 2.24) is 0 Å². The van der Waals surface area contributed by atoms with Gasteiger partial charge in [0.25, 0.3) is 0 Å². The molecule has 1 amide bonds. The molecule has 0 aliphatic heterocycles. The molecule has 0 unspecified atom stereocenters. The van der Waals surface area contributed by atoms with Crippen molar-refractivity contribution in [3.8, 4) is 5.75 Å². The van der Waals surface area contributed by atoms with Gasteiger partial charge in [0.15, 0.2) is 0 Å². The lowest BCUT2D eigenvalue weighted by Gasteiger charge is -2.09. The molecular weight excluding hydrogens is 218 g/mol. The van der Waals surface area contributed by atoms with Crippen LogP contribution in [0.25, 0.3) is 0 Å². The maximum Gasteiger partial charge on any atom is 0.411 e. The number of nitrogens with one attached hydrogen (secondary N) is 1. The molecule has 0 atom stereocenters. The minimum atomic E-state index is -0.516. The minimum absolute atomic E-state index is 0.321. The Balaban J connectivity index is 2.80. The molecule has 1 N–H and O–H groups in total. The van der Waals surface area contributed by atoms with E-state index in [1.807, 2.05) is 0 Å². The summed E-state index contributed by atoms with van der Waals surface area (Å²) in [5.74, 6) is 0.496. The van der Waals surface area contributed by atoms with Crippen molar-refractivity contribution in [2.45, 2.75) is 6.92 Å². The lowest BCUT2D eigenvalue weighted by molar-refractivity contribution is 0.168. The summed E-state index contributed by atoms with van der Waals surface area (Å²) in [5.41, 5.74) is 0.528. The van der Waals surface area contributed by atoms with Gasteiger partial charge in [-0.3, -0.25) is 5.32 Å². The molecule has 4 nitrogen and oxygen atoms in total. The molecule has 82 valence electrons. The first-order valence-corrected chi connectivity index (χ1v) is 4.82. The van der Waals surface area contributed by atoms with Crippen LogP contribution in [0.3, 0.4) is 0 Å². The van der Waals surface area contributed by atoms with Crippen LogP contribution >= 0.6 is 11.6 Å². The first kappa shape index (κ1) is 11.7. The number of anilines is 1. The molecular formula is C10H12ClNO3. The molecule has 5 heteroatoms. The average Bonchev–Trinajstić information content (AvgIpc) is 2.21. The van der Waals surface area contributed by atoms with Crippen LogP contribution in [0.5, 0.6) is 5.75 Å². The SMILES string of the molecule is CCOC(=O)Nc1ccc(Cl)cc1OC. The highest BCUT2D eigenvalue weighted by Gasteiger charge is 2.07. The number of amides is 1. The molecule has 0 saturated carbocycles.